The van der Waals surface area contributed by atoms with Crippen LogP contribution in [0.1, 0.15) is 13.3 Å². The maximum atomic E-state index is 10.9. The van der Waals surface area contributed by atoms with Crippen LogP contribution in [-0.4, -0.2) is 33.4 Å². The van der Waals surface area contributed by atoms with E-state index < -0.39 is 10.1 Å². The first-order valence-electron chi connectivity index (χ1n) is 3.76. The van der Waals surface area contributed by atoms with Crippen LogP contribution in [0.5, 0.6) is 0 Å². The van der Waals surface area contributed by atoms with Crippen molar-refractivity contribution in [2.45, 2.75) is 19.4 Å². The minimum Gasteiger partial charge on any atom is -0.314 e. The number of rotatable bonds is 3. The molecule has 0 aromatic carbocycles. The van der Waals surface area contributed by atoms with Crippen molar-refractivity contribution in [3.05, 3.63) is 0 Å². The largest absolute Gasteiger partial charge is 0.314 e. The van der Waals surface area contributed by atoms with Gasteiger partial charge in [-0.2, -0.15) is 8.42 Å². The molecule has 1 heterocycles. The molecule has 1 unspecified atom stereocenters. The molecule has 0 amide bonds. The Bertz CT molecular complexity index is 206. The van der Waals surface area contributed by atoms with Crippen molar-refractivity contribution in [3.63, 3.8) is 0 Å². The summed E-state index contributed by atoms with van der Waals surface area (Å²) in [5.41, 5.74) is 0. The van der Waals surface area contributed by atoms with E-state index in [0.717, 1.165) is 13.0 Å². The molecule has 0 spiro atoms. The number of hydrogen-bond donors (Lipinski definition) is 1. The second-order valence-electron chi connectivity index (χ2n) is 2.56. The SMILES string of the molecule is CCS(=O)(=O)OC1CCNC1. The van der Waals surface area contributed by atoms with Gasteiger partial charge in [0.05, 0.1) is 11.9 Å². The summed E-state index contributed by atoms with van der Waals surface area (Å²) >= 11 is 0. The van der Waals surface area contributed by atoms with E-state index in [9.17, 15) is 8.42 Å². The fraction of sp³-hybridized carbons (Fsp3) is 1.00. The first-order valence-corrected chi connectivity index (χ1v) is 5.33. The quantitative estimate of drug-likeness (QED) is 0.605. The number of hydrogen-bond acceptors (Lipinski definition) is 4. The molecule has 0 saturated carbocycles. The molecule has 66 valence electrons. The van der Waals surface area contributed by atoms with Crippen LogP contribution in [0.2, 0.25) is 0 Å². The highest BCUT2D eigenvalue weighted by Crippen LogP contribution is 2.07. The Morgan fingerprint density at radius 2 is 2.36 bits per heavy atom. The zero-order chi connectivity index (χ0) is 8.32. The summed E-state index contributed by atoms with van der Waals surface area (Å²) in [6, 6.07) is 0. The van der Waals surface area contributed by atoms with Crippen LogP contribution in [0, 0.1) is 0 Å². The molecule has 1 saturated heterocycles. The predicted octanol–water partition coefficient (Wildman–Crippen LogP) is -0.285. The van der Waals surface area contributed by atoms with Gasteiger partial charge < -0.3 is 5.32 Å². The zero-order valence-electron chi connectivity index (χ0n) is 6.54. The first kappa shape index (κ1) is 8.96. The van der Waals surface area contributed by atoms with Gasteiger partial charge in [-0.25, -0.2) is 0 Å². The molecule has 4 nitrogen and oxygen atoms in total. The summed E-state index contributed by atoms with van der Waals surface area (Å²) in [5, 5.41) is 3.03. The van der Waals surface area contributed by atoms with Crippen LogP contribution >= 0.6 is 0 Å². The van der Waals surface area contributed by atoms with Crippen molar-refractivity contribution in [1.82, 2.24) is 5.32 Å². The molecule has 1 atom stereocenters. The molecule has 1 aliphatic heterocycles. The van der Waals surface area contributed by atoms with Crippen molar-refractivity contribution in [3.8, 4) is 0 Å². The van der Waals surface area contributed by atoms with Crippen LogP contribution in [-0.2, 0) is 14.3 Å². The molecular weight excluding hydrogens is 166 g/mol. The number of nitrogens with one attached hydrogen (secondary N) is 1. The van der Waals surface area contributed by atoms with Crippen molar-refractivity contribution < 1.29 is 12.6 Å². The molecule has 0 aromatic rings. The smallest absolute Gasteiger partial charge is 0.267 e. The fourth-order valence-electron chi connectivity index (χ4n) is 0.986. The van der Waals surface area contributed by atoms with E-state index in [0.29, 0.717) is 6.54 Å². The molecule has 0 aromatic heterocycles. The second-order valence-corrected chi connectivity index (χ2v) is 4.44. The minimum absolute atomic E-state index is 0.0590. The van der Waals surface area contributed by atoms with Gasteiger partial charge in [-0.05, 0) is 19.9 Å². The van der Waals surface area contributed by atoms with Gasteiger partial charge in [0.25, 0.3) is 10.1 Å². The van der Waals surface area contributed by atoms with Gasteiger partial charge in [0, 0.05) is 6.54 Å². The van der Waals surface area contributed by atoms with E-state index in [2.05, 4.69) is 5.32 Å². The van der Waals surface area contributed by atoms with Crippen LogP contribution in [0.25, 0.3) is 0 Å². The lowest BCUT2D eigenvalue weighted by atomic mass is 10.3. The third kappa shape index (κ3) is 2.76. The van der Waals surface area contributed by atoms with Gasteiger partial charge in [0.2, 0.25) is 0 Å². The lowest BCUT2D eigenvalue weighted by molar-refractivity contribution is 0.230. The first-order chi connectivity index (χ1) is 5.14. The average molecular weight is 179 g/mol. The molecule has 1 aliphatic rings. The van der Waals surface area contributed by atoms with Crippen LogP contribution < -0.4 is 5.32 Å². The lowest BCUT2D eigenvalue weighted by Gasteiger charge is -2.08. The van der Waals surface area contributed by atoms with E-state index >= 15 is 0 Å². The summed E-state index contributed by atoms with van der Waals surface area (Å²) in [4.78, 5) is 0. The van der Waals surface area contributed by atoms with Crippen LogP contribution in [0.3, 0.4) is 0 Å². The second kappa shape index (κ2) is 3.51. The Hall–Kier alpha value is -0.130. The third-order valence-electron chi connectivity index (χ3n) is 1.65. The minimum atomic E-state index is -3.24. The van der Waals surface area contributed by atoms with Crippen molar-refractivity contribution >= 4 is 10.1 Å². The summed E-state index contributed by atoms with van der Waals surface area (Å²) < 4.78 is 26.7. The zero-order valence-corrected chi connectivity index (χ0v) is 7.36. The molecular formula is C6H13NO3S. The van der Waals surface area contributed by atoms with E-state index in [1.54, 1.807) is 6.92 Å². The lowest BCUT2D eigenvalue weighted by Crippen LogP contribution is -2.21. The maximum absolute atomic E-state index is 10.9. The molecule has 1 rings (SSSR count). The highest BCUT2D eigenvalue weighted by Gasteiger charge is 2.20. The molecule has 11 heavy (non-hydrogen) atoms. The molecule has 0 bridgehead atoms. The summed E-state index contributed by atoms with van der Waals surface area (Å²) in [5.74, 6) is 0.0590. The fourth-order valence-corrected chi connectivity index (χ4v) is 1.70. The summed E-state index contributed by atoms with van der Waals surface area (Å²) in [7, 11) is -3.24. The summed E-state index contributed by atoms with van der Waals surface area (Å²) in [6.07, 6.45) is 0.652. The van der Waals surface area contributed by atoms with E-state index in [4.69, 9.17) is 4.18 Å². The maximum Gasteiger partial charge on any atom is 0.267 e. The predicted molar refractivity (Wildman–Crippen MR) is 41.8 cm³/mol. The molecule has 5 heteroatoms. The van der Waals surface area contributed by atoms with Gasteiger partial charge >= 0.3 is 0 Å². The monoisotopic (exact) mass is 179 g/mol. The Morgan fingerprint density at radius 1 is 1.64 bits per heavy atom. The molecule has 0 radical (unpaired) electrons. The topological polar surface area (TPSA) is 55.4 Å². The third-order valence-corrected chi connectivity index (χ3v) is 2.92. The Balaban J connectivity index is 2.41. The van der Waals surface area contributed by atoms with Crippen molar-refractivity contribution in [2.75, 3.05) is 18.8 Å². The van der Waals surface area contributed by atoms with Crippen molar-refractivity contribution in [2.24, 2.45) is 0 Å². The average Bonchev–Trinajstić information content (AvgIpc) is 2.39. The van der Waals surface area contributed by atoms with E-state index in [1.807, 2.05) is 0 Å². The van der Waals surface area contributed by atoms with Gasteiger partial charge in [-0.15, -0.1) is 0 Å². The van der Waals surface area contributed by atoms with Crippen LogP contribution in [0.15, 0.2) is 0 Å². The van der Waals surface area contributed by atoms with Gasteiger partial charge in [0.1, 0.15) is 0 Å². The Labute approximate surface area is 67.1 Å². The Kier molecular flexibility index (Phi) is 2.86. The van der Waals surface area contributed by atoms with Gasteiger partial charge in [0.15, 0.2) is 0 Å². The van der Waals surface area contributed by atoms with Gasteiger partial charge in [-0.3, -0.25) is 4.18 Å². The highest BCUT2D eigenvalue weighted by molar-refractivity contribution is 7.86. The van der Waals surface area contributed by atoms with Gasteiger partial charge in [-0.1, -0.05) is 0 Å². The van der Waals surface area contributed by atoms with Crippen LogP contribution in [0.4, 0.5) is 0 Å². The van der Waals surface area contributed by atoms with E-state index in [-0.39, 0.29) is 11.9 Å². The normalized spacial score (nSPS) is 25.7. The Morgan fingerprint density at radius 3 is 2.82 bits per heavy atom. The molecule has 1 N–H and O–H groups in total. The molecule has 1 fully saturated rings. The van der Waals surface area contributed by atoms with Crippen molar-refractivity contribution in [1.29, 1.82) is 0 Å². The summed E-state index contributed by atoms with van der Waals surface area (Å²) in [6.45, 7) is 3.08. The standard InChI is InChI=1S/C6H13NO3S/c1-2-11(8,9)10-6-3-4-7-5-6/h6-7H,2-5H2,1H3. The highest BCUT2D eigenvalue weighted by atomic mass is 32.2. The molecule has 0 aliphatic carbocycles. The van der Waals surface area contributed by atoms with E-state index in [1.165, 1.54) is 0 Å².